The highest BCUT2D eigenvalue weighted by Crippen LogP contribution is 2.06. The van der Waals surface area contributed by atoms with E-state index in [1.165, 1.54) is 0 Å². The van der Waals surface area contributed by atoms with Crippen molar-refractivity contribution < 1.29 is 14.3 Å². The molecule has 12 heteroatoms. The summed E-state index contributed by atoms with van der Waals surface area (Å²) in [7, 11) is 1.93. The van der Waals surface area contributed by atoms with E-state index in [1.54, 1.807) is 0 Å². The van der Waals surface area contributed by atoms with Gasteiger partial charge in [-0.05, 0) is 34.1 Å². The predicted molar refractivity (Wildman–Crippen MR) is 134 cm³/mol. The number of carbonyl (C=O) groups excluding carboxylic acids is 1. The van der Waals surface area contributed by atoms with Crippen LogP contribution in [0, 0.1) is 6.92 Å². The zero-order valence-electron chi connectivity index (χ0n) is 19.9. The van der Waals surface area contributed by atoms with Gasteiger partial charge >= 0.3 is 6.09 Å². The summed E-state index contributed by atoms with van der Waals surface area (Å²) in [5.41, 5.74) is -0.495. The second-order valence-electron chi connectivity index (χ2n) is 8.48. The first-order valence-corrected chi connectivity index (χ1v) is 10.9. The minimum Gasteiger partial charge on any atom is -0.444 e. The Morgan fingerprint density at radius 3 is 2.41 bits per heavy atom. The van der Waals surface area contributed by atoms with Gasteiger partial charge < -0.3 is 30.0 Å². The van der Waals surface area contributed by atoms with Crippen LogP contribution in [-0.4, -0.2) is 89.8 Å². The summed E-state index contributed by atoms with van der Waals surface area (Å²) >= 11 is 0. The summed E-state index contributed by atoms with van der Waals surface area (Å²) in [4.78, 5) is 18.7. The fraction of sp³-hybridized carbons (Fsp3) is 0.800. The van der Waals surface area contributed by atoms with E-state index < -0.39 is 11.7 Å². The van der Waals surface area contributed by atoms with E-state index in [0.29, 0.717) is 25.6 Å². The molecule has 1 aliphatic rings. The van der Waals surface area contributed by atoms with Crippen molar-refractivity contribution in [3.63, 3.8) is 0 Å². The maximum atomic E-state index is 11.7. The van der Waals surface area contributed by atoms with Crippen LogP contribution in [-0.2, 0) is 23.1 Å². The number of aromatic nitrogens is 3. The number of halogens is 1. The van der Waals surface area contributed by atoms with Gasteiger partial charge in [0.1, 0.15) is 18.0 Å². The molecule has 0 aliphatic carbocycles. The van der Waals surface area contributed by atoms with Gasteiger partial charge in [-0.25, -0.2) is 9.79 Å². The Morgan fingerprint density at radius 1 is 1.12 bits per heavy atom. The molecule has 1 amide bonds. The third-order valence-corrected chi connectivity index (χ3v) is 4.70. The lowest BCUT2D eigenvalue weighted by Crippen LogP contribution is -2.45. The smallest absolute Gasteiger partial charge is 0.407 e. The van der Waals surface area contributed by atoms with E-state index in [0.717, 1.165) is 57.5 Å². The normalized spacial score (nSPS) is 15.1. The van der Waals surface area contributed by atoms with Crippen molar-refractivity contribution in [2.24, 2.45) is 12.0 Å². The first kappa shape index (κ1) is 28.4. The van der Waals surface area contributed by atoms with E-state index in [1.807, 2.05) is 39.3 Å². The van der Waals surface area contributed by atoms with Gasteiger partial charge in [0.2, 0.25) is 0 Å². The van der Waals surface area contributed by atoms with Crippen LogP contribution in [0.15, 0.2) is 4.99 Å². The Morgan fingerprint density at radius 2 is 1.78 bits per heavy atom. The molecule has 0 aromatic carbocycles. The number of carbonyl (C=O) groups is 1. The monoisotopic (exact) mass is 566 g/mol. The zero-order chi connectivity index (χ0) is 22.7. The third-order valence-electron chi connectivity index (χ3n) is 4.70. The average Bonchev–Trinajstić information content (AvgIpc) is 3.03. The highest BCUT2D eigenvalue weighted by molar-refractivity contribution is 14.0. The highest BCUT2D eigenvalue weighted by atomic mass is 127. The maximum absolute atomic E-state index is 11.7. The van der Waals surface area contributed by atoms with Gasteiger partial charge in [-0.2, -0.15) is 0 Å². The number of amides is 1. The first-order valence-electron chi connectivity index (χ1n) is 10.9. The Balaban J connectivity index is 0.00000512. The van der Waals surface area contributed by atoms with Crippen molar-refractivity contribution >= 4 is 36.0 Å². The molecular formula is C20H39IN8O3. The molecule has 1 fully saturated rings. The van der Waals surface area contributed by atoms with Crippen LogP contribution in [0.25, 0.3) is 0 Å². The minimum absolute atomic E-state index is 0. The number of ether oxygens (including phenoxy) is 2. The second-order valence-corrected chi connectivity index (χ2v) is 8.48. The fourth-order valence-corrected chi connectivity index (χ4v) is 2.87. The van der Waals surface area contributed by atoms with Gasteiger partial charge in [-0.3, -0.25) is 4.90 Å². The Labute approximate surface area is 208 Å². The molecule has 2 rings (SSSR count). The molecule has 1 aromatic rings. The van der Waals surface area contributed by atoms with Crippen LogP contribution in [0.4, 0.5) is 4.79 Å². The Kier molecular flexibility index (Phi) is 12.8. The van der Waals surface area contributed by atoms with Gasteiger partial charge in [0.15, 0.2) is 11.8 Å². The van der Waals surface area contributed by atoms with Gasteiger partial charge in [-0.15, -0.1) is 34.2 Å². The second kappa shape index (κ2) is 14.5. The predicted octanol–water partition coefficient (Wildman–Crippen LogP) is 1.02. The van der Waals surface area contributed by atoms with E-state index in [9.17, 15) is 4.79 Å². The molecule has 0 spiro atoms. The van der Waals surface area contributed by atoms with Crippen LogP contribution >= 0.6 is 24.0 Å². The quantitative estimate of drug-likeness (QED) is 0.176. The van der Waals surface area contributed by atoms with Crippen molar-refractivity contribution in [2.45, 2.75) is 46.3 Å². The molecule has 0 bridgehead atoms. The molecule has 184 valence electrons. The molecule has 11 nitrogen and oxygen atoms in total. The number of morpholine rings is 1. The van der Waals surface area contributed by atoms with Crippen molar-refractivity contribution in [1.82, 2.24) is 35.6 Å². The standard InChI is InChI=1S/C20H38N8O3.HI/c1-16-25-26-17(27(16)5)15-24-18(22-9-10-28-11-13-30-14-12-28)21-7-6-8-23-19(29)31-20(2,3)4;/h6-15H2,1-5H3,(H,23,29)(H2,21,22,24);1H. The molecule has 0 atom stereocenters. The maximum Gasteiger partial charge on any atom is 0.407 e. The van der Waals surface area contributed by atoms with Crippen LogP contribution in [0.2, 0.25) is 0 Å². The molecular weight excluding hydrogens is 527 g/mol. The van der Waals surface area contributed by atoms with Crippen molar-refractivity contribution in [3.8, 4) is 0 Å². The fourth-order valence-electron chi connectivity index (χ4n) is 2.87. The van der Waals surface area contributed by atoms with E-state index in [-0.39, 0.29) is 24.0 Å². The molecule has 1 aliphatic heterocycles. The SMILES string of the molecule is Cc1nnc(CN=C(NCCCNC(=O)OC(C)(C)C)NCCN2CCOCC2)n1C.I. The summed E-state index contributed by atoms with van der Waals surface area (Å²) in [5.74, 6) is 2.37. The number of rotatable bonds is 9. The number of alkyl carbamates (subject to hydrolysis) is 1. The lowest BCUT2D eigenvalue weighted by Gasteiger charge is -2.26. The van der Waals surface area contributed by atoms with Crippen LogP contribution < -0.4 is 16.0 Å². The number of nitrogens with zero attached hydrogens (tertiary/aromatic N) is 5. The number of guanidine groups is 1. The first-order chi connectivity index (χ1) is 14.7. The van der Waals surface area contributed by atoms with Crippen LogP contribution in [0.5, 0.6) is 0 Å². The number of hydrogen-bond donors (Lipinski definition) is 3. The molecule has 1 saturated heterocycles. The van der Waals surface area contributed by atoms with Crippen molar-refractivity contribution in [1.29, 1.82) is 0 Å². The molecule has 0 radical (unpaired) electrons. The van der Waals surface area contributed by atoms with Crippen molar-refractivity contribution in [3.05, 3.63) is 11.6 Å². The summed E-state index contributed by atoms with van der Waals surface area (Å²) in [6.07, 6.45) is 0.342. The zero-order valence-corrected chi connectivity index (χ0v) is 22.3. The molecule has 32 heavy (non-hydrogen) atoms. The lowest BCUT2D eigenvalue weighted by molar-refractivity contribution is 0.0389. The van der Waals surface area contributed by atoms with Gasteiger partial charge in [-0.1, -0.05) is 0 Å². The minimum atomic E-state index is -0.495. The third kappa shape index (κ3) is 11.3. The number of nitrogens with one attached hydrogen (secondary N) is 3. The lowest BCUT2D eigenvalue weighted by atomic mass is 10.2. The van der Waals surface area contributed by atoms with E-state index in [2.05, 4.69) is 36.0 Å². The topological polar surface area (TPSA) is 118 Å². The van der Waals surface area contributed by atoms with E-state index in [4.69, 9.17) is 9.47 Å². The van der Waals surface area contributed by atoms with Crippen LogP contribution in [0.3, 0.4) is 0 Å². The Bertz CT molecular complexity index is 714. The van der Waals surface area contributed by atoms with Gasteiger partial charge in [0, 0.05) is 46.3 Å². The summed E-state index contributed by atoms with van der Waals surface area (Å²) in [6, 6.07) is 0. The summed E-state index contributed by atoms with van der Waals surface area (Å²) in [5, 5.41) is 17.7. The summed E-state index contributed by atoms with van der Waals surface area (Å²) < 4.78 is 12.6. The largest absolute Gasteiger partial charge is 0.444 e. The molecule has 2 heterocycles. The molecule has 3 N–H and O–H groups in total. The number of hydrogen-bond acceptors (Lipinski definition) is 7. The van der Waals surface area contributed by atoms with Gasteiger partial charge in [0.25, 0.3) is 0 Å². The highest BCUT2D eigenvalue weighted by Gasteiger charge is 2.15. The molecule has 0 saturated carbocycles. The van der Waals surface area contributed by atoms with Crippen molar-refractivity contribution in [2.75, 3.05) is 52.5 Å². The Hall–Kier alpha value is -1.67. The molecule has 1 aromatic heterocycles. The van der Waals surface area contributed by atoms with Gasteiger partial charge in [0.05, 0.1) is 13.2 Å². The number of aliphatic imine (C=N–C) groups is 1. The number of aryl methyl sites for hydroxylation is 1. The summed E-state index contributed by atoms with van der Waals surface area (Å²) in [6.45, 7) is 14.2. The van der Waals surface area contributed by atoms with E-state index >= 15 is 0 Å². The average molecular weight is 566 g/mol. The molecule has 0 unspecified atom stereocenters. The van der Waals surface area contributed by atoms with Crippen LogP contribution in [0.1, 0.15) is 38.8 Å².